The van der Waals surface area contributed by atoms with Crippen molar-refractivity contribution < 1.29 is 14.7 Å². The summed E-state index contributed by atoms with van der Waals surface area (Å²) in [6.07, 6.45) is 1.93. The molecule has 0 saturated heterocycles. The lowest BCUT2D eigenvalue weighted by atomic mass is 9.91. The second-order valence-electron chi connectivity index (χ2n) is 5.50. The van der Waals surface area contributed by atoms with Crippen LogP contribution in [0.4, 0.5) is 0 Å². The van der Waals surface area contributed by atoms with Gasteiger partial charge in [0.15, 0.2) is 0 Å². The third-order valence-electron chi connectivity index (χ3n) is 4.00. The molecule has 1 aromatic rings. The Hall–Kier alpha value is -1.84. The van der Waals surface area contributed by atoms with Crippen molar-refractivity contribution in [1.82, 2.24) is 5.32 Å². The lowest BCUT2D eigenvalue weighted by Gasteiger charge is -2.18. The smallest absolute Gasteiger partial charge is 0.335 e. The van der Waals surface area contributed by atoms with E-state index < -0.39 is 5.97 Å². The van der Waals surface area contributed by atoms with Crippen LogP contribution >= 0.6 is 0 Å². The van der Waals surface area contributed by atoms with Crippen molar-refractivity contribution in [1.29, 1.82) is 0 Å². The Bertz CT molecular complexity index is 487. The number of hydrogen-bond donors (Lipinski definition) is 2. The maximum atomic E-state index is 12.1. The minimum Gasteiger partial charge on any atom is -0.478 e. The molecule has 2 rings (SSSR count). The molecule has 1 saturated carbocycles. The number of carbonyl (C=O) groups is 2. The monoisotopic (exact) mass is 261 g/mol. The van der Waals surface area contributed by atoms with Gasteiger partial charge >= 0.3 is 5.97 Å². The van der Waals surface area contributed by atoms with Crippen LogP contribution in [-0.2, 0) is 11.3 Å². The van der Waals surface area contributed by atoms with E-state index in [2.05, 4.69) is 19.2 Å². The van der Waals surface area contributed by atoms with E-state index in [0.717, 1.165) is 18.4 Å². The fraction of sp³-hybridized carbons (Fsp3) is 0.467. The van der Waals surface area contributed by atoms with Crippen LogP contribution in [0.1, 0.15) is 42.6 Å². The number of benzene rings is 1. The van der Waals surface area contributed by atoms with E-state index >= 15 is 0 Å². The maximum Gasteiger partial charge on any atom is 0.335 e. The predicted molar refractivity (Wildman–Crippen MR) is 71.8 cm³/mol. The zero-order chi connectivity index (χ0) is 14.0. The summed E-state index contributed by atoms with van der Waals surface area (Å²) in [6, 6.07) is 6.58. The quantitative estimate of drug-likeness (QED) is 0.855. The van der Waals surface area contributed by atoms with Crippen molar-refractivity contribution in [2.45, 2.75) is 33.2 Å². The third-order valence-corrected chi connectivity index (χ3v) is 4.00. The van der Waals surface area contributed by atoms with Gasteiger partial charge in [0.05, 0.1) is 11.0 Å². The number of aromatic carboxylic acids is 1. The highest BCUT2D eigenvalue weighted by atomic mass is 16.4. The first kappa shape index (κ1) is 13.6. The number of carboxylic acids is 1. The summed E-state index contributed by atoms with van der Waals surface area (Å²) in [5.74, 6) is -0.459. The largest absolute Gasteiger partial charge is 0.478 e. The van der Waals surface area contributed by atoms with Crippen molar-refractivity contribution in [2.75, 3.05) is 0 Å². The minimum atomic E-state index is -0.938. The van der Waals surface area contributed by atoms with Gasteiger partial charge in [-0.2, -0.15) is 0 Å². The lowest BCUT2D eigenvalue weighted by Crippen LogP contribution is -2.34. The third kappa shape index (κ3) is 2.78. The van der Waals surface area contributed by atoms with Gasteiger partial charge in [0, 0.05) is 6.54 Å². The fourth-order valence-corrected chi connectivity index (χ4v) is 2.32. The van der Waals surface area contributed by atoms with Gasteiger partial charge in [-0.3, -0.25) is 4.79 Å². The minimum absolute atomic E-state index is 0.116. The number of rotatable bonds is 5. The first-order valence-electron chi connectivity index (χ1n) is 6.56. The lowest BCUT2D eigenvalue weighted by molar-refractivity contribution is -0.128. The number of hydrogen-bond acceptors (Lipinski definition) is 2. The molecule has 1 fully saturated rings. The van der Waals surface area contributed by atoms with Crippen LogP contribution in [0.2, 0.25) is 0 Å². The van der Waals surface area contributed by atoms with Crippen molar-refractivity contribution in [2.24, 2.45) is 11.3 Å². The molecule has 1 amide bonds. The molecule has 1 aliphatic carbocycles. The molecule has 0 atom stereocenters. The van der Waals surface area contributed by atoms with Gasteiger partial charge in [-0.15, -0.1) is 0 Å². The second-order valence-corrected chi connectivity index (χ2v) is 5.50. The number of carboxylic acid groups (broad SMARTS) is 1. The molecule has 0 unspecified atom stereocenters. The molecule has 1 aromatic carbocycles. The molecule has 1 aliphatic rings. The average Bonchev–Trinajstić information content (AvgIpc) is 3.17. The Labute approximate surface area is 112 Å². The standard InChI is InChI=1S/C15H19NO3/c1-10(2)15(7-8-15)14(19)16-9-11-3-5-12(6-4-11)13(17)18/h3-6,10H,7-9H2,1-2H3,(H,16,19)(H,17,18). The highest BCUT2D eigenvalue weighted by Crippen LogP contribution is 2.51. The van der Waals surface area contributed by atoms with Crippen molar-refractivity contribution in [3.63, 3.8) is 0 Å². The molecule has 19 heavy (non-hydrogen) atoms. The Balaban J connectivity index is 1.92. The van der Waals surface area contributed by atoms with Crippen molar-refractivity contribution in [3.8, 4) is 0 Å². The van der Waals surface area contributed by atoms with Crippen molar-refractivity contribution in [3.05, 3.63) is 35.4 Å². The summed E-state index contributed by atoms with van der Waals surface area (Å²) in [5, 5.41) is 11.7. The van der Waals surface area contributed by atoms with Gasteiger partial charge in [-0.25, -0.2) is 4.79 Å². The molecule has 0 spiro atoms. The van der Waals surface area contributed by atoms with Gasteiger partial charge in [-0.05, 0) is 36.5 Å². The van der Waals surface area contributed by atoms with E-state index in [9.17, 15) is 9.59 Å². The van der Waals surface area contributed by atoms with Gasteiger partial charge in [0.2, 0.25) is 5.91 Å². The Morgan fingerprint density at radius 3 is 2.26 bits per heavy atom. The predicted octanol–water partition coefficient (Wildman–Crippen LogP) is 2.44. The highest BCUT2D eigenvalue weighted by Gasteiger charge is 2.51. The normalized spacial score (nSPS) is 16.2. The molecule has 0 heterocycles. The summed E-state index contributed by atoms with van der Waals surface area (Å²) in [6.45, 7) is 4.61. The summed E-state index contributed by atoms with van der Waals surface area (Å²) in [7, 11) is 0. The summed E-state index contributed by atoms with van der Waals surface area (Å²) in [4.78, 5) is 22.8. The highest BCUT2D eigenvalue weighted by molar-refractivity contribution is 5.87. The van der Waals surface area contributed by atoms with Crippen LogP contribution in [0.25, 0.3) is 0 Å². The Morgan fingerprint density at radius 2 is 1.84 bits per heavy atom. The molecule has 0 bridgehead atoms. The molecule has 0 radical (unpaired) electrons. The SMILES string of the molecule is CC(C)C1(C(=O)NCc2ccc(C(=O)O)cc2)CC1. The molecule has 0 aliphatic heterocycles. The van der Waals surface area contributed by atoms with Crippen molar-refractivity contribution >= 4 is 11.9 Å². The zero-order valence-corrected chi connectivity index (χ0v) is 11.3. The van der Waals surface area contributed by atoms with Gasteiger partial charge in [0.1, 0.15) is 0 Å². The summed E-state index contributed by atoms with van der Waals surface area (Å²) < 4.78 is 0. The Kier molecular flexibility index (Phi) is 3.60. The van der Waals surface area contributed by atoms with E-state index in [1.165, 1.54) is 0 Å². The number of amides is 1. The van der Waals surface area contributed by atoms with E-state index in [4.69, 9.17) is 5.11 Å². The van der Waals surface area contributed by atoms with Crippen LogP contribution in [0.5, 0.6) is 0 Å². The van der Waals surface area contributed by atoms with Crippen LogP contribution in [0, 0.1) is 11.3 Å². The topological polar surface area (TPSA) is 66.4 Å². The van der Waals surface area contributed by atoms with E-state index in [-0.39, 0.29) is 16.9 Å². The maximum absolute atomic E-state index is 12.1. The molecule has 4 nitrogen and oxygen atoms in total. The van der Waals surface area contributed by atoms with Crippen LogP contribution in [-0.4, -0.2) is 17.0 Å². The number of nitrogens with one attached hydrogen (secondary N) is 1. The van der Waals surface area contributed by atoms with E-state index in [1.807, 2.05) is 0 Å². The molecular weight excluding hydrogens is 242 g/mol. The average molecular weight is 261 g/mol. The molecule has 4 heteroatoms. The Morgan fingerprint density at radius 1 is 1.26 bits per heavy atom. The molecular formula is C15H19NO3. The van der Waals surface area contributed by atoms with Gasteiger partial charge in [-0.1, -0.05) is 26.0 Å². The van der Waals surface area contributed by atoms with Crippen LogP contribution < -0.4 is 5.32 Å². The first-order valence-corrected chi connectivity index (χ1v) is 6.56. The number of carbonyl (C=O) groups excluding carboxylic acids is 1. The molecule has 102 valence electrons. The summed E-state index contributed by atoms with van der Waals surface area (Å²) >= 11 is 0. The van der Waals surface area contributed by atoms with Crippen LogP contribution in [0.15, 0.2) is 24.3 Å². The van der Waals surface area contributed by atoms with Gasteiger partial charge < -0.3 is 10.4 Å². The fourth-order valence-electron chi connectivity index (χ4n) is 2.32. The first-order chi connectivity index (χ1) is 8.95. The molecule has 2 N–H and O–H groups in total. The van der Waals surface area contributed by atoms with E-state index in [0.29, 0.717) is 12.5 Å². The zero-order valence-electron chi connectivity index (χ0n) is 11.3. The second kappa shape index (κ2) is 5.03. The summed E-state index contributed by atoms with van der Waals surface area (Å²) in [5.41, 5.74) is 1.01. The van der Waals surface area contributed by atoms with E-state index in [1.54, 1.807) is 24.3 Å². The van der Waals surface area contributed by atoms with Crippen LogP contribution in [0.3, 0.4) is 0 Å². The van der Waals surface area contributed by atoms with Gasteiger partial charge in [0.25, 0.3) is 0 Å². The molecule has 0 aromatic heterocycles.